The number of hydrogen-bond acceptors (Lipinski definition) is 7. The van der Waals surface area contributed by atoms with Crippen LogP contribution in [0.5, 0.6) is 11.8 Å². The van der Waals surface area contributed by atoms with Crippen molar-refractivity contribution in [1.82, 2.24) is 25.1 Å². The van der Waals surface area contributed by atoms with Crippen molar-refractivity contribution >= 4 is 39.2 Å². The fourth-order valence-corrected chi connectivity index (χ4v) is 7.66. The smallest absolute Gasteiger partial charge is 0.319 e. The van der Waals surface area contributed by atoms with E-state index in [9.17, 15) is 0 Å². The summed E-state index contributed by atoms with van der Waals surface area (Å²) in [6, 6.07) is 7.05. The minimum absolute atomic E-state index is 0.167. The molecule has 2 aromatic heterocycles. The molecule has 1 N–H and O–H groups in total. The first-order chi connectivity index (χ1) is 20.0. The first-order valence-electron chi connectivity index (χ1n) is 15.2. The van der Waals surface area contributed by atoms with Crippen molar-refractivity contribution in [2.45, 2.75) is 64.0 Å². The lowest BCUT2D eigenvalue weighted by Crippen LogP contribution is -2.37. The van der Waals surface area contributed by atoms with E-state index < -0.39 is 0 Å². The number of aromatic amines is 1. The number of ether oxygens (including phenoxy) is 2. The molecule has 214 valence electrons. The van der Waals surface area contributed by atoms with Crippen LogP contribution in [-0.4, -0.2) is 70.5 Å². The molecule has 2 aliphatic heterocycles. The van der Waals surface area contributed by atoms with E-state index in [0.717, 1.165) is 89.0 Å². The molecule has 2 saturated carbocycles. The molecule has 2 unspecified atom stereocenters. The Hall–Kier alpha value is -3.10. The van der Waals surface area contributed by atoms with E-state index in [4.69, 9.17) is 31.0 Å². The molecule has 4 fully saturated rings. The zero-order chi connectivity index (χ0) is 27.7. The van der Waals surface area contributed by atoms with Gasteiger partial charge in [0.1, 0.15) is 17.9 Å². The number of benzene rings is 2. The lowest BCUT2D eigenvalue weighted by molar-refractivity contribution is 0.188. The van der Waals surface area contributed by atoms with E-state index in [1.807, 2.05) is 6.20 Å². The lowest BCUT2D eigenvalue weighted by Gasteiger charge is -2.33. The van der Waals surface area contributed by atoms with Gasteiger partial charge in [0.15, 0.2) is 5.75 Å². The van der Waals surface area contributed by atoms with Gasteiger partial charge in [-0.3, -0.25) is 5.10 Å². The number of anilines is 1. The molecule has 0 radical (unpaired) electrons. The summed E-state index contributed by atoms with van der Waals surface area (Å²) in [7, 11) is 2.17. The SMILES string of the molecule is Cc1ccc2[nH]ncc2c1-c1c(Cl)cc2c(N3CC4CCC(C4)C3)nc(OC[C@@H]3CCCN3C)nc2c1OC1CC1. The van der Waals surface area contributed by atoms with Crippen LogP contribution in [0.1, 0.15) is 50.5 Å². The van der Waals surface area contributed by atoms with E-state index in [-0.39, 0.29) is 6.10 Å². The molecule has 2 aromatic carbocycles. The molecule has 3 atom stereocenters. The summed E-state index contributed by atoms with van der Waals surface area (Å²) in [5, 5.41) is 10.1. The van der Waals surface area contributed by atoms with Crippen molar-refractivity contribution in [2.24, 2.45) is 11.8 Å². The quantitative estimate of drug-likeness (QED) is 0.275. The molecule has 8 nitrogen and oxygen atoms in total. The average molecular weight is 573 g/mol. The summed E-state index contributed by atoms with van der Waals surface area (Å²) in [6.45, 7) is 5.83. The Balaban J connectivity index is 1.33. The van der Waals surface area contributed by atoms with Crippen LogP contribution in [0.3, 0.4) is 0 Å². The Bertz CT molecular complexity index is 1620. The maximum Gasteiger partial charge on any atom is 0.319 e. The Morgan fingerprint density at radius 1 is 1.02 bits per heavy atom. The van der Waals surface area contributed by atoms with Crippen molar-refractivity contribution < 1.29 is 9.47 Å². The highest BCUT2D eigenvalue weighted by molar-refractivity contribution is 6.35. The maximum atomic E-state index is 7.25. The highest BCUT2D eigenvalue weighted by Gasteiger charge is 2.36. The molecular formula is C32H37ClN6O2. The molecule has 8 rings (SSSR count). The summed E-state index contributed by atoms with van der Waals surface area (Å²) in [6.07, 6.45) is 10.4. The zero-order valence-electron chi connectivity index (χ0n) is 23.8. The summed E-state index contributed by atoms with van der Waals surface area (Å²) >= 11 is 7.25. The number of rotatable bonds is 7. The fraction of sp³-hybridized carbons (Fsp3) is 0.531. The molecule has 2 saturated heterocycles. The minimum atomic E-state index is 0.167. The Morgan fingerprint density at radius 2 is 1.85 bits per heavy atom. The molecule has 2 bridgehead atoms. The number of likely N-dealkylation sites (tertiary alicyclic amines) is 1. The maximum absolute atomic E-state index is 7.25. The third-order valence-electron chi connectivity index (χ3n) is 9.73. The zero-order valence-corrected chi connectivity index (χ0v) is 24.6. The van der Waals surface area contributed by atoms with E-state index in [0.29, 0.717) is 35.5 Å². The van der Waals surface area contributed by atoms with Crippen molar-refractivity contribution in [2.75, 3.05) is 38.2 Å². The topological polar surface area (TPSA) is 79.4 Å². The summed E-state index contributed by atoms with van der Waals surface area (Å²) in [5.74, 6) is 3.09. The van der Waals surface area contributed by atoms with Gasteiger partial charge in [-0.05, 0) is 95.0 Å². The molecule has 2 aliphatic carbocycles. The van der Waals surface area contributed by atoms with Gasteiger partial charge in [0.2, 0.25) is 0 Å². The molecular weight excluding hydrogens is 536 g/mol. The van der Waals surface area contributed by atoms with E-state index in [2.05, 4.69) is 52.2 Å². The lowest BCUT2D eigenvalue weighted by atomic mass is 9.94. The Kier molecular flexibility index (Phi) is 6.25. The minimum Gasteiger partial charge on any atom is -0.487 e. The largest absolute Gasteiger partial charge is 0.487 e. The van der Waals surface area contributed by atoms with Gasteiger partial charge in [0.05, 0.1) is 22.8 Å². The molecule has 9 heteroatoms. The second-order valence-electron chi connectivity index (χ2n) is 12.7. The number of nitrogens with one attached hydrogen (secondary N) is 1. The number of piperidine rings is 1. The summed E-state index contributed by atoms with van der Waals surface area (Å²) in [4.78, 5) is 15.0. The van der Waals surface area contributed by atoms with Crippen molar-refractivity contribution in [3.63, 3.8) is 0 Å². The molecule has 4 aromatic rings. The number of nitrogens with zero attached hydrogens (tertiary/aromatic N) is 5. The van der Waals surface area contributed by atoms with Gasteiger partial charge in [-0.15, -0.1) is 0 Å². The normalized spacial score (nSPS) is 24.6. The third-order valence-corrected chi connectivity index (χ3v) is 10.0. The standard InChI is InChI=1S/C32H37ClN6O2/c1-18-5-10-26-24(14-34-37-26)27(18)28-25(33)13-23-29(30(28)41-22-8-9-22)35-32(40-17-21-4-3-11-38(21)2)36-31(23)39-15-19-6-7-20(12-19)16-39/h5,10,13-14,19-22H,3-4,6-9,11-12,15-17H2,1-2H3,(H,34,37)/t19?,20?,21-/m0/s1. The van der Waals surface area contributed by atoms with Crippen LogP contribution in [0.4, 0.5) is 5.82 Å². The number of aromatic nitrogens is 4. The van der Waals surface area contributed by atoms with Crippen LogP contribution in [0.25, 0.3) is 32.9 Å². The molecule has 4 aliphatic rings. The first-order valence-corrected chi connectivity index (χ1v) is 15.6. The second-order valence-corrected chi connectivity index (χ2v) is 13.1. The van der Waals surface area contributed by atoms with Gasteiger partial charge in [0.25, 0.3) is 0 Å². The van der Waals surface area contributed by atoms with Gasteiger partial charge in [-0.25, -0.2) is 0 Å². The molecule has 4 heterocycles. The number of fused-ring (bicyclic) bond motifs is 4. The third kappa shape index (κ3) is 4.59. The number of halogens is 1. The predicted octanol–water partition coefficient (Wildman–Crippen LogP) is 6.39. The van der Waals surface area contributed by atoms with Gasteiger partial charge >= 0.3 is 6.01 Å². The summed E-state index contributed by atoms with van der Waals surface area (Å²) in [5.41, 5.74) is 4.78. The number of H-pyrrole nitrogens is 1. The molecule has 0 spiro atoms. The van der Waals surface area contributed by atoms with Gasteiger partial charge in [0, 0.05) is 41.0 Å². The van der Waals surface area contributed by atoms with Gasteiger partial charge in [-0.1, -0.05) is 17.7 Å². The average Bonchev–Trinajstić information content (AvgIpc) is 3.31. The fourth-order valence-electron chi connectivity index (χ4n) is 7.38. The van der Waals surface area contributed by atoms with Crippen LogP contribution in [0.15, 0.2) is 24.4 Å². The Morgan fingerprint density at radius 3 is 2.61 bits per heavy atom. The number of aryl methyl sites for hydroxylation is 1. The first kappa shape index (κ1) is 25.6. The van der Waals surface area contributed by atoms with Crippen LogP contribution >= 0.6 is 11.6 Å². The van der Waals surface area contributed by atoms with Crippen LogP contribution in [0, 0.1) is 18.8 Å². The highest BCUT2D eigenvalue weighted by Crippen LogP contribution is 2.49. The van der Waals surface area contributed by atoms with Gasteiger partial charge < -0.3 is 19.3 Å². The monoisotopic (exact) mass is 572 g/mol. The van der Waals surface area contributed by atoms with Crippen molar-refractivity contribution in [1.29, 1.82) is 0 Å². The van der Waals surface area contributed by atoms with Crippen LogP contribution < -0.4 is 14.4 Å². The molecule has 41 heavy (non-hydrogen) atoms. The predicted molar refractivity (Wildman–Crippen MR) is 162 cm³/mol. The molecule has 0 amide bonds. The van der Waals surface area contributed by atoms with Crippen molar-refractivity contribution in [3.05, 3.63) is 35.0 Å². The van der Waals surface area contributed by atoms with E-state index >= 15 is 0 Å². The number of hydrogen-bond donors (Lipinski definition) is 1. The number of likely N-dealkylation sites (N-methyl/N-ethyl adjacent to an activating group) is 1. The van der Waals surface area contributed by atoms with Gasteiger partial charge in [-0.2, -0.15) is 15.1 Å². The second kappa shape index (κ2) is 10.0. The highest BCUT2D eigenvalue weighted by atomic mass is 35.5. The Labute approximate surface area is 245 Å². The van der Waals surface area contributed by atoms with Crippen molar-refractivity contribution in [3.8, 4) is 22.9 Å². The summed E-state index contributed by atoms with van der Waals surface area (Å²) < 4.78 is 13.2. The van der Waals surface area contributed by atoms with E-state index in [1.165, 1.54) is 25.7 Å². The van der Waals surface area contributed by atoms with Crippen LogP contribution in [0.2, 0.25) is 5.02 Å². The van der Waals surface area contributed by atoms with Crippen LogP contribution in [-0.2, 0) is 0 Å². The van der Waals surface area contributed by atoms with E-state index in [1.54, 1.807) is 0 Å².